The molecule has 1 N–H and O–H groups in total. The molecule has 0 aliphatic carbocycles. The van der Waals surface area contributed by atoms with Crippen molar-refractivity contribution >= 4 is 11.6 Å². The number of hydrogen-bond acceptors (Lipinski definition) is 4. The summed E-state index contributed by atoms with van der Waals surface area (Å²) in [4.78, 5) is 12.5. The van der Waals surface area contributed by atoms with Crippen molar-refractivity contribution in [1.29, 1.82) is 0 Å². The van der Waals surface area contributed by atoms with Crippen molar-refractivity contribution in [3.8, 4) is 17.2 Å². The van der Waals surface area contributed by atoms with E-state index in [-0.39, 0.29) is 17.1 Å². The van der Waals surface area contributed by atoms with Gasteiger partial charge >= 0.3 is 6.61 Å². The third-order valence-electron chi connectivity index (χ3n) is 3.49. The molecule has 5 nitrogen and oxygen atoms in total. The van der Waals surface area contributed by atoms with Gasteiger partial charge in [-0.3, -0.25) is 4.79 Å². The third kappa shape index (κ3) is 5.08. The number of carbonyl (C=O) groups is 1. The summed E-state index contributed by atoms with van der Waals surface area (Å²) in [5.41, 5.74) is 1.77. The van der Waals surface area contributed by atoms with Gasteiger partial charge in [0, 0.05) is 5.56 Å². The van der Waals surface area contributed by atoms with Crippen LogP contribution in [-0.2, 0) is 0 Å². The van der Waals surface area contributed by atoms with Gasteiger partial charge in [-0.1, -0.05) is 13.0 Å². The first-order valence-corrected chi connectivity index (χ1v) is 8.12. The van der Waals surface area contributed by atoms with Crippen LogP contribution in [0.4, 0.5) is 14.5 Å². The molecule has 2 aromatic rings. The Balaban J connectivity index is 2.22. The fraction of sp³-hybridized carbons (Fsp3) is 0.316. The lowest BCUT2D eigenvalue weighted by atomic mass is 10.1. The first-order chi connectivity index (χ1) is 12.4. The molecule has 140 valence electrons. The molecule has 0 fully saturated rings. The zero-order valence-electron chi connectivity index (χ0n) is 14.8. The number of ether oxygens (including phenoxy) is 3. The fourth-order valence-electron chi connectivity index (χ4n) is 2.26. The molecule has 26 heavy (non-hydrogen) atoms. The molecule has 0 atom stereocenters. The Morgan fingerprint density at radius 3 is 2.54 bits per heavy atom. The Kier molecular flexibility index (Phi) is 6.77. The Morgan fingerprint density at radius 2 is 1.88 bits per heavy atom. The van der Waals surface area contributed by atoms with Gasteiger partial charge in [-0.2, -0.15) is 8.78 Å². The molecule has 0 aliphatic rings. The fourth-order valence-corrected chi connectivity index (χ4v) is 2.26. The predicted octanol–water partition coefficient (Wildman–Crippen LogP) is 4.65. The number of halogens is 2. The van der Waals surface area contributed by atoms with Gasteiger partial charge in [0.25, 0.3) is 5.91 Å². The van der Waals surface area contributed by atoms with Gasteiger partial charge in [0.15, 0.2) is 11.5 Å². The van der Waals surface area contributed by atoms with Crippen molar-refractivity contribution in [3.63, 3.8) is 0 Å². The van der Waals surface area contributed by atoms with E-state index in [1.165, 1.54) is 25.3 Å². The van der Waals surface area contributed by atoms with Crippen molar-refractivity contribution in [2.24, 2.45) is 0 Å². The SMILES string of the molecule is CCCOc1cc(C)ccc1NC(=O)c1ccc(OC(F)F)c(OC)c1. The van der Waals surface area contributed by atoms with Crippen LogP contribution in [0.25, 0.3) is 0 Å². The highest BCUT2D eigenvalue weighted by molar-refractivity contribution is 6.05. The number of alkyl halides is 2. The molecule has 0 radical (unpaired) electrons. The number of amides is 1. The van der Waals surface area contributed by atoms with E-state index in [4.69, 9.17) is 9.47 Å². The number of benzene rings is 2. The maximum atomic E-state index is 12.5. The number of hydrogen-bond donors (Lipinski definition) is 1. The normalized spacial score (nSPS) is 10.5. The van der Waals surface area contributed by atoms with Crippen LogP contribution < -0.4 is 19.5 Å². The molecule has 0 saturated heterocycles. The smallest absolute Gasteiger partial charge is 0.387 e. The van der Waals surface area contributed by atoms with Gasteiger partial charge in [0.2, 0.25) is 0 Å². The number of carbonyl (C=O) groups excluding carboxylic acids is 1. The Hall–Kier alpha value is -2.83. The largest absolute Gasteiger partial charge is 0.493 e. The van der Waals surface area contributed by atoms with E-state index in [2.05, 4.69) is 10.1 Å². The van der Waals surface area contributed by atoms with E-state index >= 15 is 0 Å². The predicted molar refractivity (Wildman–Crippen MR) is 94.5 cm³/mol. The van der Waals surface area contributed by atoms with Gasteiger partial charge in [-0.15, -0.1) is 0 Å². The Bertz CT molecular complexity index is 765. The molecule has 0 unspecified atom stereocenters. The van der Waals surface area contributed by atoms with E-state index in [9.17, 15) is 13.6 Å². The van der Waals surface area contributed by atoms with Crippen LogP contribution in [0, 0.1) is 6.92 Å². The first kappa shape index (κ1) is 19.5. The highest BCUT2D eigenvalue weighted by Gasteiger charge is 2.15. The molecule has 1 amide bonds. The van der Waals surface area contributed by atoms with Crippen molar-refractivity contribution in [1.82, 2.24) is 0 Å². The monoisotopic (exact) mass is 365 g/mol. The topological polar surface area (TPSA) is 56.8 Å². The number of anilines is 1. The van der Waals surface area contributed by atoms with Crippen LogP contribution in [-0.4, -0.2) is 26.2 Å². The zero-order chi connectivity index (χ0) is 19.1. The molecule has 0 saturated carbocycles. The molecule has 0 bridgehead atoms. The molecule has 7 heteroatoms. The summed E-state index contributed by atoms with van der Waals surface area (Å²) in [6.07, 6.45) is 0.837. The van der Waals surface area contributed by atoms with Crippen LogP contribution in [0.2, 0.25) is 0 Å². The summed E-state index contributed by atoms with van der Waals surface area (Å²) < 4.78 is 39.8. The maximum absolute atomic E-state index is 12.5. The van der Waals surface area contributed by atoms with Crippen LogP contribution >= 0.6 is 0 Å². The lowest BCUT2D eigenvalue weighted by Gasteiger charge is -2.14. The van der Waals surface area contributed by atoms with Crippen LogP contribution in [0.1, 0.15) is 29.3 Å². The minimum Gasteiger partial charge on any atom is -0.493 e. The van der Waals surface area contributed by atoms with Crippen molar-refractivity contribution in [2.75, 3.05) is 19.0 Å². The second-order valence-electron chi connectivity index (χ2n) is 5.55. The van der Waals surface area contributed by atoms with E-state index in [0.29, 0.717) is 18.0 Å². The van der Waals surface area contributed by atoms with Gasteiger partial charge in [-0.05, 0) is 49.2 Å². The molecule has 0 aliphatic heterocycles. The number of nitrogens with one attached hydrogen (secondary N) is 1. The van der Waals surface area contributed by atoms with Crippen LogP contribution in [0.3, 0.4) is 0 Å². The van der Waals surface area contributed by atoms with Gasteiger partial charge < -0.3 is 19.5 Å². The highest BCUT2D eigenvalue weighted by atomic mass is 19.3. The van der Waals surface area contributed by atoms with Gasteiger partial charge in [0.05, 0.1) is 19.4 Å². The van der Waals surface area contributed by atoms with E-state index in [0.717, 1.165) is 12.0 Å². The Labute approximate surface area is 150 Å². The molecule has 2 rings (SSSR count). The van der Waals surface area contributed by atoms with Gasteiger partial charge in [0.1, 0.15) is 5.75 Å². The standard InChI is InChI=1S/C19H21F2NO4/c1-4-9-25-16-10-12(2)5-7-14(16)22-18(23)13-6-8-15(26-19(20)21)17(11-13)24-3/h5-8,10-11,19H,4,9H2,1-3H3,(H,22,23). The van der Waals surface area contributed by atoms with Crippen LogP contribution in [0.15, 0.2) is 36.4 Å². The van der Waals surface area contributed by atoms with Crippen molar-refractivity contribution in [2.45, 2.75) is 26.9 Å². The second-order valence-corrected chi connectivity index (χ2v) is 5.55. The second kappa shape index (κ2) is 9.03. The third-order valence-corrected chi connectivity index (χ3v) is 3.49. The highest BCUT2D eigenvalue weighted by Crippen LogP contribution is 2.31. The average Bonchev–Trinajstić information content (AvgIpc) is 2.61. The molecule has 2 aromatic carbocycles. The summed E-state index contributed by atoms with van der Waals surface area (Å²) in [7, 11) is 1.31. The average molecular weight is 365 g/mol. The molecule has 0 heterocycles. The lowest BCUT2D eigenvalue weighted by molar-refractivity contribution is -0.0512. The van der Waals surface area contributed by atoms with Crippen molar-refractivity contribution < 1.29 is 27.8 Å². The summed E-state index contributed by atoms with van der Waals surface area (Å²) in [5.74, 6) is 0.0626. The summed E-state index contributed by atoms with van der Waals surface area (Å²) in [6.45, 7) is 1.47. The van der Waals surface area contributed by atoms with Crippen LogP contribution in [0.5, 0.6) is 17.2 Å². The van der Waals surface area contributed by atoms with Crippen molar-refractivity contribution in [3.05, 3.63) is 47.5 Å². The Morgan fingerprint density at radius 1 is 1.12 bits per heavy atom. The maximum Gasteiger partial charge on any atom is 0.387 e. The number of aryl methyl sites for hydroxylation is 1. The lowest BCUT2D eigenvalue weighted by Crippen LogP contribution is -2.14. The van der Waals surface area contributed by atoms with E-state index in [1.54, 1.807) is 6.07 Å². The molecule has 0 spiro atoms. The zero-order valence-corrected chi connectivity index (χ0v) is 14.8. The summed E-state index contributed by atoms with van der Waals surface area (Å²) in [5, 5.41) is 2.77. The molecular formula is C19H21F2NO4. The first-order valence-electron chi connectivity index (χ1n) is 8.12. The van der Waals surface area contributed by atoms with E-state index in [1.807, 2.05) is 26.0 Å². The minimum absolute atomic E-state index is 0.0457. The summed E-state index contributed by atoms with van der Waals surface area (Å²) in [6, 6.07) is 9.44. The summed E-state index contributed by atoms with van der Waals surface area (Å²) >= 11 is 0. The number of methoxy groups -OCH3 is 1. The van der Waals surface area contributed by atoms with Gasteiger partial charge in [-0.25, -0.2) is 0 Å². The van der Waals surface area contributed by atoms with E-state index < -0.39 is 12.5 Å². The quantitative estimate of drug-likeness (QED) is 0.740. The number of rotatable bonds is 8. The molecular weight excluding hydrogens is 344 g/mol. The minimum atomic E-state index is -2.98. The molecule has 0 aromatic heterocycles.